The zero-order valence-corrected chi connectivity index (χ0v) is 15.8. The van der Waals surface area contributed by atoms with Gasteiger partial charge in [-0.1, -0.05) is 31.9 Å². The number of anilines is 2. The van der Waals surface area contributed by atoms with E-state index < -0.39 is 0 Å². The number of rotatable bonds is 2. The van der Waals surface area contributed by atoms with Gasteiger partial charge in [0.1, 0.15) is 0 Å². The average molecular weight is 499 g/mol. The lowest BCUT2D eigenvalue weighted by Crippen LogP contribution is -2.10. The summed E-state index contributed by atoms with van der Waals surface area (Å²) in [6, 6.07) is 12.3. The predicted molar refractivity (Wildman–Crippen MR) is 91.7 cm³/mol. The first-order valence-corrected chi connectivity index (χ1v) is 8.30. The highest BCUT2D eigenvalue weighted by atomic mass is 79.9. The summed E-state index contributed by atoms with van der Waals surface area (Å²) in [7, 11) is 2.04. The Morgan fingerprint density at radius 3 is 1.44 bits per heavy atom. The molecule has 0 atom stereocenters. The maximum Gasteiger partial charge on any atom is 0.0553 e. The van der Waals surface area contributed by atoms with Crippen molar-refractivity contribution in [2.45, 2.75) is 0 Å². The standard InChI is InChI=1S/C13H9Br4N/c1-18(12-4-2-8(14)6-10(12)16)13-5-3-9(15)7-11(13)17/h2-7H,1H3. The third kappa shape index (κ3) is 3.18. The molecule has 5 heteroatoms. The Hall–Kier alpha value is 0.160. The summed E-state index contributed by atoms with van der Waals surface area (Å²) in [5.41, 5.74) is 2.22. The van der Waals surface area contributed by atoms with Crippen molar-refractivity contribution in [3.05, 3.63) is 54.3 Å². The summed E-state index contributed by atoms with van der Waals surface area (Å²) in [6.07, 6.45) is 0. The molecule has 0 saturated carbocycles. The van der Waals surface area contributed by atoms with Gasteiger partial charge in [-0.2, -0.15) is 0 Å². The van der Waals surface area contributed by atoms with E-state index in [9.17, 15) is 0 Å². The lowest BCUT2D eigenvalue weighted by Gasteiger charge is -2.22. The first kappa shape index (κ1) is 14.6. The maximum absolute atomic E-state index is 3.59. The minimum atomic E-state index is 1.05. The smallest absolute Gasteiger partial charge is 0.0553 e. The first-order chi connectivity index (χ1) is 8.49. The molecule has 0 aliphatic rings. The van der Waals surface area contributed by atoms with Gasteiger partial charge in [0.15, 0.2) is 0 Å². The first-order valence-electron chi connectivity index (χ1n) is 5.13. The molecule has 2 aromatic carbocycles. The van der Waals surface area contributed by atoms with Crippen LogP contribution in [0.1, 0.15) is 0 Å². The van der Waals surface area contributed by atoms with Crippen molar-refractivity contribution in [2.24, 2.45) is 0 Å². The fourth-order valence-corrected chi connectivity index (χ4v) is 4.26. The van der Waals surface area contributed by atoms with Gasteiger partial charge in [-0.3, -0.25) is 0 Å². The fourth-order valence-electron chi connectivity index (χ4n) is 1.64. The summed E-state index contributed by atoms with van der Waals surface area (Å²) in [4.78, 5) is 2.13. The molecule has 0 N–H and O–H groups in total. The number of benzene rings is 2. The molecule has 94 valence electrons. The maximum atomic E-state index is 3.59. The van der Waals surface area contributed by atoms with Crippen molar-refractivity contribution in [3.8, 4) is 0 Å². The summed E-state index contributed by atoms with van der Waals surface area (Å²) in [5.74, 6) is 0. The van der Waals surface area contributed by atoms with Gasteiger partial charge >= 0.3 is 0 Å². The van der Waals surface area contributed by atoms with Gasteiger partial charge in [0.25, 0.3) is 0 Å². The molecule has 0 spiro atoms. The lowest BCUT2D eigenvalue weighted by molar-refractivity contribution is 1.19. The zero-order chi connectivity index (χ0) is 13.3. The van der Waals surface area contributed by atoms with Crippen LogP contribution in [0.4, 0.5) is 11.4 Å². The van der Waals surface area contributed by atoms with Crippen LogP contribution in [-0.4, -0.2) is 7.05 Å². The molecule has 18 heavy (non-hydrogen) atoms. The number of hydrogen-bond acceptors (Lipinski definition) is 1. The van der Waals surface area contributed by atoms with Crippen LogP contribution in [0.3, 0.4) is 0 Å². The van der Waals surface area contributed by atoms with Crippen LogP contribution >= 0.6 is 63.7 Å². The second-order valence-electron chi connectivity index (χ2n) is 3.75. The van der Waals surface area contributed by atoms with Crippen LogP contribution in [0.15, 0.2) is 54.3 Å². The van der Waals surface area contributed by atoms with Crippen LogP contribution in [0.25, 0.3) is 0 Å². The Bertz CT molecular complexity index is 532. The Balaban J connectivity index is 2.44. The van der Waals surface area contributed by atoms with Crippen LogP contribution < -0.4 is 4.90 Å². The second kappa shape index (κ2) is 6.07. The van der Waals surface area contributed by atoms with E-state index in [1.54, 1.807) is 0 Å². The predicted octanol–water partition coefficient (Wildman–Crippen LogP) is 6.50. The Morgan fingerprint density at radius 2 is 1.11 bits per heavy atom. The fraction of sp³-hybridized carbons (Fsp3) is 0.0769. The molecule has 1 nitrogen and oxygen atoms in total. The van der Waals surface area contributed by atoms with E-state index in [2.05, 4.69) is 80.8 Å². The van der Waals surface area contributed by atoms with E-state index in [1.807, 2.05) is 31.3 Å². The van der Waals surface area contributed by atoms with Gasteiger partial charge in [0.05, 0.1) is 11.4 Å². The Labute approximate surface area is 140 Å². The van der Waals surface area contributed by atoms with Crippen LogP contribution in [0, 0.1) is 0 Å². The van der Waals surface area contributed by atoms with E-state index in [0.29, 0.717) is 0 Å². The van der Waals surface area contributed by atoms with E-state index in [0.717, 1.165) is 29.3 Å². The van der Waals surface area contributed by atoms with Gasteiger partial charge in [0.2, 0.25) is 0 Å². The third-order valence-electron chi connectivity index (χ3n) is 2.54. The molecule has 0 radical (unpaired) electrons. The Kier molecular flexibility index (Phi) is 4.92. The van der Waals surface area contributed by atoms with Crippen molar-refractivity contribution in [1.82, 2.24) is 0 Å². The van der Waals surface area contributed by atoms with Crippen molar-refractivity contribution >= 4 is 75.1 Å². The van der Waals surface area contributed by atoms with Gasteiger partial charge in [-0.05, 0) is 68.3 Å². The van der Waals surface area contributed by atoms with Crippen molar-refractivity contribution in [2.75, 3.05) is 11.9 Å². The lowest BCUT2D eigenvalue weighted by atomic mass is 10.2. The van der Waals surface area contributed by atoms with Gasteiger partial charge in [-0.25, -0.2) is 0 Å². The normalized spacial score (nSPS) is 10.5. The summed E-state index contributed by atoms with van der Waals surface area (Å²) in [6.45, 7) is 0. The van der Waals surface area contributed by atoms with Gasteiger partial charge in [0, 0.05) is 24.9 Å². The highest BCUT2D eigenvalue weighted by Gasteiger charge is 2.11. The van der Waals surface area contributed by atoms with Gasteiger partial charge in [-0.15, -0.1) is 0 Å². The summed E-state index contributed by atoms with van der Waals surface area (Å²) >= 11 is 14.1. The molecule has 0 fully saturated rings. The van der Waals surface area contributed by atoms with E-state index in [-0.39, 0.29) is 0 Å². The average Bonchev–Trinajstić information content (AvgIpc) is 2.28. The minimum Gasteiger partial charge on any atom is -0.343 e. The molecular formula is C13H9Br4N. The van der Waals surface area contributed by atoms with E-state index >= 15 is 0 Å². The molecule has 0 unspecified atom stereocenters. The SMILES string of the molecule is CN(c1ccc(Br)cc1Br)c1ccc(Br)cc1Br. The van der Waals surface area contributed by atoms with E-state index in [1.165, 1.54) is 0 Å². The highest BCUT2D eigenvalue weighted by Crippen LogP contribution is 2.37. The molecule has 0 bridgehead atoms. The molecule has 0 heterocycles. The van der Waals surface area contributed by atoms with Crippen molar-refractivity contribution < 1.29 is 0 Å². The van der Waals surface area contributed by atoms with Crippen molar-refractivity contribution in [1.29, 1.82) is 0 Å². The Morgan fingerprint density at radius 1 is 0.722 bits per heavy atom. The number of halogens is 4. The molecule has 0 aliphatic carbocycles. The molecular weight excluding hydrogens is 490 g/mol. The quantitative estimate of drug-likeness (QED) is 0.456. The minimum absolute atomic E-state index is 1.05. The van der Waals surface area contributed by atoms with Crippen molar-refractivity contribution in [3.63, 3.8) is 0 Å². The molecule has 0 amide bonds. The summed E-state index contributed by atoms with van der Waals surface area (Å²) < 4.78 is 4.21. The van der Waals surface area contributed by atoms with Crippen LogP contribution in [0.5, 0.6) is 0 Å². The van der Waals surface area contributed by atoms with Gasteiger partial charge < -0.3 is 4.90 Å². The largest absolute Gasteiger partial charge is 0.343 e. The molecule has 2 aromatic rings. The zero-order valence-electron chi connectivity index (χ0n) is 9.42. The summed E-state index contributed by atoms with van der Waals surface area (Å²) in [5, 5.41) is 0. The monoisotopic (exact) mass is 495 g/mol. The molecule has 2 rings (SSSR count). The van der Waals surface area contributed by atoms with Crippen LogP contribution in [0.2, 0.25) is 0 Å². The van der Waals surface area contributed by atoms with Crippen LogP contribution in [-0.2, 0) is 0 Å². The second-order valence-corrected chi connectivity index (χ2v) is 7.29. The number of nitrogens with zero attached hydrogens (tertiary/aromatic N) is 1. The topological polar surface area (TPSA) is 3.24 Å². The third-order valence-corrected chi connectivity index (χ3v) is 4.80. The molecule has 0 aliphatic heterocycles. The molecule has 0 saturated heterocycles. The highest BCUT2D eigenvalue weighted by molar-refractivity contribution is 9.11. The molecule has 0 aromatic heterocycles. The number of hydrogen-bond donors (Lipinski definition) is 0. The van der Waals surface area contributed by atoms with E-state index in [4.69, 9.17) is 0 Å².